The van der Waals surface area contributed by atoms with Gasteiger partial charge in [-0.15, -0.1) is 0 Å². The van der Waals surface area contributed by atoms with Crippen LogP contribution in [0, 0.1) is 17.0 Å². The number of alkyl carbamates (subject to hydrolysis) is 1. The number of nitro benzene ring substituents is 1. The van der Waals surface area contributed by atoms with Crippen LogP contribution in [0.25, 0.3) is 0 Å². The molecule has 1 aliphatic rings. The number of hydrogen-bond donors (Lipinski definition) is 1. The molecule has 1 aliphatic heterocycles. The second-order valence-electron chi connectivity index (χ2n) is 8.60. The van der Waals surface area contributed by atoms with Crippen molar-refractivity contribution in [3.8, 4) is 11.5 Å². The Morgan fingerprint density at radius 1 is 1.23 bits per heavy atom. The van der Waals surface area contributed by atoms with E-state index in [1.165, 1.54) is 6.07 Å². The number of ether oxygens (including phenoxy) is 2. The minimum atomic E-state index is -0.585. The molecule has 0 bridgehead atoms. The second-order valence-corrected chi connectivity index (χ2v) is 8.60. The van der Waals surface area contributed by atoms with Crippen LogP contribution in [-0.4, -0.2) is 35.7 Å². The van der Waals surface area contributed by atoms with Gasteiger partial charge in [0.2, 0.25) is 0 Å². The minimum Gasteiger partial charge on any atom is -0.457 e. The Morgan fingerprint density at radius 2 is 1.94 bits per heavy atom. The van der Waals surface area contributed by atoms with E-state index in [2.05, 4.69) is 5.32 Å². The van der Waals surface area contributed by atoms with Gasteiger partial charge in [-0.25, -0.2) is 4.79 Å². The van der Waals surface area contributed by atoms with E-state index < -0.39 is 11.7 Å². The predicted molar refractivity (Wildman–Crippen MR) is 119 cm³/mol. The van der Waals surface area contributed by atoms with Crippen LogP contribution in [0.3, 0.4) is 0 Å². The summed E-state index contributed by atoms with van der Waals surface area (Å²) < 4.78 is 11.3. The van der Waals surface area contributed by atoms with Crippen LogP contribution in [0.5, 0.6) is 11.5 Å². The largest absolute Gasteiger partial charge is 0.457 e. The lowest BCUT2D eigenvalue weighted by atomic mass is 10.1. The predicted octanol–water partition coefficient (Wildman–Crippen LogP) is 5.19. The zero-order valence-corrected chi connectivity index (χ0v) is 18.4. The summed E-state index contributed by atoms with van der Waals surface area (Å²) in [6, 6.07) is 12.4. The van der Waals surface area contributed by atoms with E-state index in [0.717, 1.165) is 12.8 Å². The van der Waals surface area contributed by atoms with Gasteiger partial charge >= 0.3 is 6.09 Å². The first-order chi connectivity index (χ1) is 14.7. The molecule has 1 saturated heterocycles. The smallest absolute Gasteiger partial charge is 0.407 e. The van der Waals surface area contributed by atoms with Gasteiger partial charge in [-0.3, -0.25) is 10.1 Å². The summed E-state index contributed by atoms with van der Waals surface area (Å²) in [6.07, 6.45) is 1.20. The number of carbonyl (C=O) groups is 1. The molecule has 0 aromatic heterocycles. The Labute approximate surface area is 182 Å². The highest BCUT2D eigenvalue weighted by Crippen LogP contribution is 2.41. The molecular weight excluding hydrogens is 398 g/mol. The Hall–Kier alpha value is -3.29. The van der Waals surface area contributed by atoms with Crippen LogP contribution < -0.4 is 15.0 Å². The van der Waals surface area contributed by atoms with E-state index >= 15 is 0 Å². The van der Waals surface area contributed by atoms with E-state index in [-0.39, 0.29) is 16.7 Å². The molecule has 0 aliphatic carbocycles. The molecule has 3 rings (SSSR count). The number of hydrogen-bond acceptors (Lipinski definition) is 6. The molecule has 2 aromatic rings. The third kappa shape index (κ3) is 5.65. The molecule has 1 atom stereocenters. The Kier molecular flexibility index (Phi) is 6.68. The van der Waals surface area contributed by atoms with E-state index in [1.807, 2.05) is 42.2 Å². The third-order valence-corrected chi connectivity index (χ3v) is 5.07. The van der Waals surface area contributed by atoms with Gasteiger partial charge in [0.1, 0.15) is 22.8 Å². The van der Waals surface area contributed by atoms with Crippen molar-refractivity contribution in [1.82, 2.24) is 5.32 Å². The van der Waals surface area contributed by atoms with Crippen LogP contribution >= 0.6 is 0 Å². The van der Waals surface area contributed by atoms with Crippen molar-refractivity contribution in [2.45, 2.75) is 52.2 Å². The normalized spacial score (nSPS) is 16.1. The molecule has 1 N–H and O–H groups in total. The first kappa shape index (κ1) is 22.4. The van der Waals surface area contributed by atoms with Crippen molar-refractivity contribution in [1.29, 1.82) is 0 Å². The first-order valence-corrected chi connectivity index (χ1v) is 10.4. The lowest BCUT2D eigenvalue weighted by molar-refractivity contribution is -0.384. The number of anilines is 1. The molecule has 2 aromatic carbocycles. The molecule has 0 unspecified atom stereocenters. The van der Waals surface area contributed by atoms with Gasteiger partial charge in [-0.1, -0.05) is 18.2 Å². The topological polar surface area (TPSA) is 93.9 Å². The second kappa shape index (κ2) is 9.24. The van der Waals surface area contributed by atoms with Crippen molar-refractivity contribution in [2.24, 2.45) is 0 Å². The maximum absolute atomic E-state index is 12.1. The number of para-hydroxylation sites is 1. The molecule has 1 amide bonds. The Morgan fingerprint density at radius 3 is 2.58 bits per heavy atom. The molecule has 1 heterocycles. The van der Waals surface area contributed by atoms with Crippen LogP contribution in [-0.2, 0) is 4.74 Å². The van der Waals surface area contributed by atoms with Gasteiger partial charge in [0.05, 0.1) is 4.92 Å². The number of nitrogens with one attached hydrogen (secondary N) is 1. The Bertz CT molecular complexity index is 940. The number of carbonyl (C=O) groups excluding carboxylic acids is 1. The third-order valence-electron chi connectivity index (χ3n) is 5.07. The zero-order chi connectivity index (χ0) is 22.6. The molecule has 8 nitrogen and oxygen atoms in total. The maximum Gasteiger partial charge on any atom is 0.407 e. The fraction of sp³-hybridized carbons (Fsp3) is 0.435. The molecule has 8 heteroatoms. The lowest BCUT2D eigenvalue weighted by Gasteiger charge is -2.29. The summed E-state index contributed by atoms with van der Waals surface area (Å²) in [5, 5.41) is 14.6. The van der Waals surface area contributed by atoms with E-state index in [1.54, 1.807) is 26.8 Å². The van der Waals surface area contributed by atoms with Crippen molar-refractivity contribution < 1.29 is 19.2 Å². The summed E-state index contributed by atoms with van der Waals surface area (Å²) in [5.74, 6) is 1.23. The van der Waals surface area contributed by atoms with Gasteiger partial charge in [-0.2, -0.15) is 0 Å². The summed E-state index contributed by atoms with van der Waals surface area (Å²) >= 11 is 0. The molecule has 31 heavy (non-hydrogen) atoms. The average Bonchev–Trinajstić information content (AvgIpc) is 3.15. The Balaban J connectivity index is 1.85. The minimum absolute atomic E-state index is 0.0297. The summed E-state index contributed by atoms with van der Waals surface area (Å²) in [7, 11) is 0. The van der Waals surface area contributed by atoms with Crippen molar-refractivity contribution in [3.63, 3.8) is 0 Å². The first-order valence-electron chi connectivity index (χ1n) is 10.4. The zero-order valence-electron chi connectivity index (χ0n) is 18.4. The van der Waals surface area contributed by atoms with E-state index in [4.69, 9.17) is 9.47 Å². The molecule has 1 fully saturated rings. The quantitative estimate of drug-likeness (QED) is 0.504. The summed E-state index contributed by atoms with van der Waals surface area (Å²) in [4.78, 5) is 25.5. The molecular formula is C23H29N3O5. The standard InChI is InChI=1S/C23H29N3O5/c1-16-20(30-18-10-6-5-7-11-18)13-12-19(26(28)29)21(16)25-14-8-9-17(25)15-24-22(27)31-23(2,3)4/h5-7,10-13,17H,8-9,14-15H2,1-4H3,(H,24,27)/t17-/m1/s1. The molecule has 0 saturated carbocycles. The average molecular weight is 428 g/mol. The summed E-state index contributed by atoms with van der Waals surface area (Å²) in [6.45, 7) is 8.25. The van der Waals surface area contributed by atoms with Gasteiger partial charge < -0.3 is 19.7 Å². The summed E-state index contributed by atoms with van der Waals surface area (Å²) in [5.41, 5.74) is 0.675. The lowest BCUT2D eigenvalue weighted by Crippen LogP contribution is -2.42. The van der Waals surface area contributed by atoms with E-state index in [0.29, 0.717) is 35.8 Å². The SMILES string of the molecule is Cc1c(Oc2ccccc2)ccc([N+](=O)[O-])c1N1CCC[C@@H]1CNC(=O)OC(C)(C)C. The highest BCUT2D eigenvalue weighted by Gasteiger charge is 2.33. The van der Waals surface area contributed by atoms with Gasteiger partial charge in [0.15, 0.2) is 0 Å². The number of benzene rings is 2. The van der Waals surface area contributed by atoms with Crippen LogP contribution in [0.15, 0.2) is 42.5 Å². The number of rotatable bonds is 6. The number of nitrogens with zero attached hydrogens (tertiary/aromatic N) is 2. The molecule has 0 spiro atoms. The van der Waals surface area contributed by atoms with E-state index in [9.17, 15) is 14.9 Å². The fourth-order valence-corrected chi connectivity index (χ4v) is 3.76. The number of nitro groups is 1. The van der Waals surface area contributed by atoms with Gasteiger partial charge in [-0.05, 0) is 58.7 Å². The highest BCUT2D eigenvalue weighted by molar-refractivity contribution is 5.73. The van der Waals surface area contributed by atoms with Crippen molar-refractivity contribution in [2.75, 3.05) is 18.0 Å². The number of amides is 1. The van der Waals surface area contributed by atoms with Crippen LogP contribution in [0.2, 0.25) is 0 Å². The van der Waals surface area contributed by atoms with Crippen LogP contribution in [0.1, 0.15) is 39.2 Å². The molecule has 166 valence electrons. The highest BCUT2D eigenvalue weighted by atomic mass is 16.6. The van der Waals surface area contributed by atoms with Crippen molar-refractivity contribution >= 4 is 17.5 Å². The van der Waals surface area contributed by atoms with Gasteiger partial charge in [0.25, 0.3) is 5.69 Å². The maximum atomic E-state index is 12.1. The van der Waals surface area contributed by atoms with Crippen molar-refractivity contribution in [3.05, 3.63) is 58.1 Å². The van der Waals surface area contributed by atoms with Gasteiger partial charge in [0, 0.05) is 30.8 Å². The van der Waals surface area contributed by atoms with Crippen LogP contribution in [0.4, 0.5) is 16.2 Å². The fourth-order valence-electron chi connectivity index (χ4n) is 3.76. The molecule has 0 radical (unpaired) electrons. The monoisotopic (exact) mass is 427 g/mol.